The number of nitrogens with one attached hydrogen (secondary N) is 1. The maximum Gasteiger partial charge on any atom is 0.214 e. The van der Waals surface area contributed by atoms with Gasteiger partial charge in [-0.25, -0.2) is 0 Å². The first-order valence-electron chi connectivity index (χ1n) is 7.25. The molecule has 0 spiro atoms. The van der Waals surface area contributed by atoms with E-state index in [9.17, 15) is 0 Å². The van der Waals surface area contributed by atoms with E-state index in [1.165, 1.54) is 5.56 Å². The van der Waals surface area contributed by atoms with Crippen LogP contribution in [0.15, 0.2) is 59.8 Å². The first-order valence-corrected chi connectivity index (χ1v) is 8.61. The third-order valence-corrected chi connectivity index (χ3v) is 4.37. The van der Waals surface area contributed by atoms with Crippen LogP contribution >= 0.6 is 23.4 Å². The number of hydrogen-bond donors (Lipinski definition) is 1. The number of benzene rings is 2. The molecule has 2 aromatic carbocycles. The summed E-state index contributed by atoms with van der Waals surface area (Å²) in [4.78, 5) is 0. The molecule has 0 bridgehead atoms. The zero-order chi connectivity index (χ0) is 15.9. The van der Waals surface area contributed by atoms with Gasteiger partial charge in [-0.3, -0.25) is 0 Å². The summed E-state index contributed by atoms with van der Waals surface area (Å²) in [7, 11) is 0. The van der Waals surface area contributed by atoms with Gasteiger partial charge in [-0.05, 0) is 40.3 Å². The van der Waals surface area contributed by atoms with Crippen molar-refractivity contribution in [2.45, 2.75) is 11.7 Å². The summed E-state index contributed by atoms with van der Waals surface area (Å²) in [6.45, 7) is 1.69. The van der Waals surface area contributed by atoms with Crippen molar-refractivity contribution in [1.82, 2.24) is 25.5 Å². The topological polar surface area (TPSA) is 55.6 Å². The SMILES string of the molecule is Clc1ccc(CNCCSc2nnnn2-c2ccccc2)cc1. The average molecular weight is 346 g/mol. The van der Waals surface area contributed by atoms with Crippen molar-refractivity contribution in [3.05, 3.63) is 65.2 Å². The first kappa shape index (κ1) is 16.0. The van der Waals surface area contributed by atoms with Gasteiger partial charge in [0.25, 0.3) is 0 Å². The lowest BCUT2D eigenvalue weighted by Gasteiger charge is -2.06. The van der Waals surface area contributed by atoms with Crippen LogP contribution in [-0.2, 0) is 6.54 Å². The molecule has 0 aliphatic rings. The number of para-hydroxylation sites is 1. The first-order chi connectivity index (χ1) is 11.3. The van der Waals surface area contributed by atoms with E-state index in [0.29, 0.717) is 0 Å². The molecule has 3 rings (SSSR count). The van der Waals surface area contributed by atoms with Crippen LogP contribution in [0.2, 0.25) is 5.02 Å². The largest absolute Gasteiger partial charge is 0.312 e. The molecular weight excluding hydrogens is 330 g/mol. The molecule has 1 aromatic heterocycles. The van der Waals surface area contributed by atoms with Gasteiger partial charge >= 0.3 is 0 Å². The predicted molar refractivity (Wildman–Crippen MR) is 93.0 cm³/mol. The zero-order valence-corrected chi connectivity index (χ0v) is 14.0. The number of aromatic nitrogens is 4. The van der Waals surface area contributed by atoms with Crippen LogP contribution in [0.3, 0.4) is 0 Å². The van der Waals surface area contributed by atoms with Gasteiger partial charge in [0.2, 0.25) is 5.16 Å². The van der Waals surface area contributed by atoms with Crippen LogP contribution in [-0.4, -0.2) is 32.5 Å². The Morgan fingerprint density at radius 2 is 1.83 bits per heavy atom. The van der Waals surface area contributed by atoms with Gasteiger partial charge in [0, 0.05) is 23.9 Å². The third-order valence-electron chi connectivity index (χ3n) is 3.19. The van der Waals surface area contributed by atoms with Crippen LogP contribution in [0, 0.1) is 0 Å². The van der Waals surface area contributed by atoms with Crippen LogP contribution in [0.4, 0.5) is 0 Å². The lowest BCUT2D eigenvalue weighted by atomic mass is 10.2. The Hall–Kier alpha value is -1.89. The number of thioether (sulfide) groups is 1. The molecule has 3 aromatic rings. The monoisotopic (exact) mass is 345 g/mol. The summed E-state index contributed by atoms with van der Waals surface area (Å²) >= 11 is 7.50. The molecule has 0 saturated heterocycles. The fraction of sp³-hybridized carbons (Fsp3) is 0.188. The molecule has 118 valence electrons. The van der Waals surface area contributed by atoms with Crippen molar-refractivity contribution < 1.29 is 0 Å². The molecular formula is C16H16ClN5S. The second-order valence-electron chi connectivity index (χ2n) is 4.86. The van der Waals surface area contributed by atoms with Crippen LogP contribution in [0.1, 0.15) is 5.56 Å². The Morgan fingerprint density at radius 1 is 1.04 bits per heavy atom. The molecule has 0 amide bonds. The van der Waals surface area contributed by atoms with E-state index in [-0.39, 0.29) is 0 Å². The highest BCUT2D eigenvalue weighted by Crippen LogP contribution is 2.17. The highest BCUT2D eigenvalue weighted by atomic mass is 35.5. The van der Waals surface area contributed by atoms with Crippen molar-refractivity contribution >= 4 is 23.4 Å². The third kappa shape index (κ3) is 4.54. The fourth-order valence-electron chi connectivity index (χ4n) is 2.05. The Bertz CT molecular complexity index is 730. The normalized spacial score (nSPS) is 10.8. The number of tetrazole rings is 1. The minimum atomic E-state index is 0.761. The number of rotatable bonds is 7. The van der Waals surface area contributed by atoms with Crippen molar-refractivity contribution in [3.8, 4) is 5.69 Å². The molecule has 0 fully saturated rings. The highest BCUT2D eigenvalue weighted by Gasteiger charge is 2.07. The summed E-state index contributed by atoms with van der Waals surface area (Å²) in [6, 6.07) is 17.7. The summed E-state index contributed by atoms with van der Waals surface area (Å²) in [5.41, 5.74) is 2.18. The summed E-state index contributed by atoms with van der Waals surface area (Å²) in [5.74, 6) is 0.890. The van der Waals surface area contributed by atoms with E-state index >= 15 is 0 Å². The van der Waals surface area contributed by atoms with Gasteiger partial charge < -0.3 is 5.32 Å². The zero-order valence-electron chi connectivity index (χ0n) is 12.4. The fourth-order valence-corrected chi connectivity index (χ4v) is 2.96. The minimum Gasteiger partial charge on any atom is -0.312 e. The summed E-state index contributed by atoms with van der Waals surface area (Å²) < 4.78 is 1.75. The van der Waals surface area contributed by atoms with Crippen LogP contribution in [0.5, 0.6) is 0 Å². The summed E-state index contributed by atoms with van der Waals surface area (Å²) in [6.07, 6.45) is 0. The number of hydrogen-bond acceptors (Lipinski definition) is 5. The van der Waals surface area contributed by atoms with Gasteiger partial charge in [-0.15, -0.1) is 5.10 Å². The molecule has 1 N–H and O–H groups in total. The van der Waals surface area contributed by atoms with Gasteiger partial charge in [0.15, 0.2) is 0 Å². The van der Waals surface area contributed by atoms with Gasteiger partial charge in [-0.2, -0.15) is 4.68 Å². The van der Waals surface area contributed by atoms with Crippen LogP contribution < -0.4 is 5.32 Å². The Kier molecular flexibility index (Phi) is 5.63. The second kappa shape index (κ2) is 8.10. The molecule has 5 nitrogen and oxygen atoms in total. The van der Waals surface area contributed by atoms with Crippen LogP contribution in [0.25, 0.3) is 5.69 Å². The van der Waals surface area contributed by atoms with Gasteiger partial charge in [0.1, 0.15) is 0 Å². The molecule has 0 atom stereocenters. The Balaban J connectivity index is 1.46. The maximum absolute atomic E-state index is 5.87. The van der Waals surface area contributed by atoms with E-state index in [1.807, 2.05) is 54.6 Å². The highest BCUT2D eigenvalue weighted by molar-refractivity contribution is 7.99. The lowest BCUT2D eigenvalue weighted by molar-refractivity contribution is 0.728. The van der Waals surface area contributed by atoms with Gasteiger partial charge in [0.05, 0.1) is 5.69 Å². The Labute approximate surface area is 144 Å². The van der Waals surface area contributed by atoms with Crippen molar-refractivity contribution in [3.63, 3.8) is 0 Å². The molecule has 0 radical (unpaired) electrons. The molecule has 1 heterocycles. The molecule has 0 aliphatic carbocycles. The standard InChI is InChI=1S/C16H16ClN5S/c17-14-8-6-13(7-9-14)12-18-10-11-23-16-19-20-21-22(16)15-4-2-1-3-5-15/h1-9,18H,10-12H2. The number of nitrogens with zero attached hydrogens (tertiary/aromatic N) is 4. The van der Waals surface area contributed by atoms with Crippen molar-refractivity contribution in [1.29, 1.82) is 0 Å². The molecule has 23 heavy (non-hydrogen) atoms. The molecule has 0 saturated carbocycles. The second-order valence-corrected chi connectivity index (χ2v) is 6.36. The Morgan fingerprint density at radius 3 is 2.61 bits per heavy atom. The molecule has 7 heteroatoms. The quantitative estimate of drug-likeness (QED) is 0.526. The maximum atomic E-state index is 5.87. The minimum absolute atomic E-state index is 0.761. The van der Waals surface area contributed by atoms with Crippen molar-refractivity contribution in [2.24, 2.45) is 0 Å². The van der Waals surface area contributed by atoms with E-state index in [1.54, 1.807) is 16.4 Å². The van der Waals surface area contributed by atoms with E-state index in [4.69, 9.17) is 11.6 Å². The lowest BCUT2D eigenvalue weighted by Crippen LogP contribution is -2.16. The summed E-state index contributed by atoms with van der Waals surface area (Å²) in [5, 5.41) is 16.8. The van der Waals surface area contributed by atoms with E-state index in [2.05, 4.69) is 20.8 Å². The van der Waals surface area contributed by atoms with E-state index < -0.39 is 0 Å². The number of halogens is 1. The van der Waals surface area contributed by atoms with Crippen molar-refractivity contribution in [2.75, 3.05) is 12.3 Å². The van der Waals surface area contributed by atoms with Gasteiger partial charge in [-0.1, -0.05) is 53.7 Å². The predicted octanol–water partition coefficient (Wildman–Crippen LogP) is 3.20. The van der Waals surface area contributed by atoms with E-state index in [0.717, 1.165) is 34.7 Å². The molecule has 0 aliphatic heterocycles. The average Bonchev–Trinajstić information content (AvgIpc) is 3.05. The smallest absolute Gasteiger partial charge is 0.214 e. The molecule has 0 unspecified atom stereocenters.